The van der Waals surface area contributed by atoms with Gasteiger partial charge in [-0.25, -0.2) is 13.8 Å². The predicted molar refractivity (Wildman–Crippen MR) is 107 cm³/mol. The highest BCUT2D eigenvalue weighted by atomic mass is 19.1. The molecule has 1 amide bonds. The van der Waals surface area contributed by atoms with Gasteiger partial charge in [0, 0.05) is 24.8 Å². The van der Waals surface area contributed by atoms with Gasteiger partial charge in [-0.1, -0.05) is 12.1 Å². The van der Waals surface area contributed by atoms with Gasteiger partial charge < -0.3 is 15.0 Å². The zero-order valence-corrected chi connectivity index (χ0v) is 16.4. The van der Waals surface area contributed by atoms with Crippen molar-refractivity contribution in [1.82, 2.24) is 14.9 Å². The number of nitrogens with zero attached hydrogens (tertiary/aromatic N) is 2. The molecule has 3 rings (SSSR count). The third kappa shape index (κ3) is 4.78. The molecule has 6 nitrogen and oxygen atoms in total. The van der Waals surface area contributed by atoms with E-state index in [9.17, 15) is 13.6 Å². The standard InChI is InChI=1S/C21H24F2N4O2/c1-3-29-9-8-27-19-10-16(14-4-6-15(22)7-5-14)17(23)11-18(19)26-20(27)12-25-13(2)21(24)28/h4-7,10-11,13,25H,3,8-9,12H2,1-2H3,(H2,24,28)/t13-/m0/s1. The Labute approximate surface area is 167 Å². The highest BCUT2D eigenvalue weighted by Crippen LogP contribution is 2.28. The number of rotatable bonds is 9. The minimum Gasteiger partial charge on any atom is -0.380 e. The molecule has 3 aromatic rings. The second-order valence-electron chi connectivity index (χ2n) is 6.71. The number of primary amides is 1. The molecular weight excluding hydrogens is 378 g/mol. The lowest BCUT2D eigenvalue weighted by Crippen LogP contribution is -2.38. The average Bonchev–Trinajstić information content (AvgIpc) is 3.02. The quantitative estimate of drug-likeness (QED) is 0.539. The summed E-state index contributed by atoms with van der Waals surface area (Å²) in [5, 5.41) is 3.02. The zero-order chi connectivity index (χ0) is 21.0. The lowest BCUT2D eigenvalue weighted by Gasteiger charge is -2.13. The molecule has 29 heavy (non-hydrogen) atoms. The first-order chi connectivity index (χ1) is 13.9. The van der Waals surface area contributed by atoms with E-state index in [-0.39, 0.29) is 5.82 Å². The Bertz CT molecular complexity index is 1000. The molecule has 1 aromatic heterocycles. The van der Waals surface area contributed by atoms with Gasteiger partial charge in [-0.3, -0.25) is 10.1 Å². The second-order valence-corrected chi connectivity index (χ2v) is 6.71. The summed E-state index contributed by atoms with van der Waals surface area (Å²) in [5.41, 5.74) is 7.46. The molecule has 0 aliphatic carbocycles. The molecule has 154 valence electrons. The van der Waals surface area contributed by atoms with Crippen molar-refractivity contribution in [2.75, 3.05) is 13.2 Å². The van der Waals surface area contributed by atoms with Gasteiger partial charge in [0.05, 0.1) is 30.2 Å². The van der Waals surface area contributed by atoms with E-state index in [0.717, 1.165) is 5.52 Å². The number of nitrogens with one attached hydrogen (secondary N) is 1. The fraction of sp³-hybridized carbons (Fsp3) is 0.333. The van der Waals surface area contributed by atoms with Gasteiger partial charge in [-0.15, -0.1) is 0 Å². The number of imidazole rings is 1. The van der Waals surface area contributed by atoms with Crippen LogP contribution in [0.3, 0.4) is 0 Å². The first kappa shape index (κ1) is 20.9. The van der Waals surface area contributed by atoms with Gasteiger partial charge in [0.25, 0.3) is 0 Å². The predicted octanol–water partition coefficient (Wildman–Crippen LogP) is 2.98. The lowest BCUT2D eigenvalue weighted by atomic mass is 10.0. The molecule has 0 spiro atoms. The highest BCUT2D eigenvalue weighted by molar-refractivity contribution is 5.83. The number of hydrogen-bond acceptors (Lipinski definition) is 4. The molecular formula is C21H24F2N4O2. The van der Waals surface area contributed by atoms with Crippen molar-refractivity contribution in [3.63, 3.8) is 0 Å². The number of carbonyl (C=O) groups excluding carboxylic acids is 1. The Hall–Kier alpha value is -2.84. The largest absolute Gasteiger partial charge is 0.380 e. The van der Waals surface area contributed by atoms with Crippen molar-refractivity contribution in [3.05, 3.63) is 53.9 Å². The van der Waals surface area contributed by atoms with E-state index >= 15 is 0 Å². The maximum absolute atomic E-state index is 14.7. The summed E-state index contributed by atoms with van der Waals surface area (Å²) in [7, 11) is 0. The Balaban J connectivity index is 2.02. The summed E-state index contributed by atoms with van der Waals surface area (Å²) in [4.78, 5) is 15.8. The van der Waals surface area contributed by atoms with Gasteiger partial charge in [-0.2, -0.15) is 0 Å². The van der Waals surface area contributed by atoms with Crippen LogP contribution in [0.15, 0.2) is 36.4 Å². The number of aromatic nitrogens is 2. The fourth-order valence-electron chi connectivity index (χ4n) is 3.08. The van der Waals surface area contributed by atoms with Crippen LogP contribution in [-0.4, -0.2) is 34.7 Å². The van der Waals surface area contributed by atoms with E-state index in [4.69, 9.17) is 10.5 Å². The monoisotopic (exact) mass is 402 g/mol. The number of hydrogen-bond donors (Lipinski definition) is 2. The molecule has 0 radical (unpaired) electrons. The van der Waals surface area contributed by atoms with Crippen LogP contribution in [0.25, 0.3) is 22.2 Å². The van der Waals surface area contributed by atoms with Crippen molar-refractivity contribution in [2.45, 2.75) is 33.0 Å². The van der Waals surface area contributed by atoms with E-state index in [2.05, 4.69) is 10.3 Å². The maximum Gasteiger partial charge on any atom is 0.234 e. The Kier molecular flexibility index (Phi) is 6.56. The van der Waals surface area contributed by atoms with Crippen LogP contribution in [0.5, 0.6) is 0 Å². The minimum atomic E-state index is -0.526. The molecule has 1 heterocycles. The van der Waals surface area contributed by atoms with Gasteiger partial charge in [0.15, 0.2) is 0 Å². The molecule has 0 saturated carbocycles. The van der Waals surface area contributed by atoms with Crippen molar-refractivity contribution in [3.8, 4) is 11.1 Å². The van der Waals surface area contributed by atoms with Crippen molar-refractivity contribution >= 4 is 16.9 Å². The molecule has 0 bridgehead atoms. The number of halogens is 2. The number of fused-ring (bicyclic) bond motifs is 1. The summed E-state index contributed by atoms with van der Waals surface area (Å²) in [5.74, 6) is -0.646. The molecule has 0 unspecified atom stereocenters. The van der Waals surface area contributed by atoms with Crippen LogP contribution in [0.4, 0.5) is 8.78 Å². The van der Waals surface area contributed by atoms with Crippen molar-refractivity contribution in [1.29, 1.82) is 0 Å². The van der Waals surface area contributed by atoms with Crippen LogP contribution >= 0.6 is 0 Å². The number of nitrogens with two attached hydrogens (primary N) is 1. The van der Waals surface area contributed by atoms with Crippen LogP contribution in [0.1, 0.15) is 19.7 Å². The molecule has 0 fully saturated rings. The average molecular weight is 402 g/mol. The lowest BCUT2D eigenvalue weighted by molar-refractivity contribution is -0.119. The SMILES string of the molecule is CCOCCn1c(CN[C@@H](C)C(N)=O)nc2cc(F)c(-c3ccc(F)cc3)cc21. The molecule has 8 heteroatoms. The first-order valence-electron chi connectivity index (χ1n) is 9.45. The van der Waals surface area contributed by atoms with Crippen LogP contribution in [-0.2, 0) is 22.6 Å². The highest BCUT2D eigenvalue weighted by Gasteiger charge is 2.17. The summed E-state index contributed by atoms with van der Waals surface area (Å²) < 4.78 is 35.4. The summed E-state index contributed by atoms with van der Waals surface area (Å²) >= 11 is 0. The number of ether oxygens (including phenoxy) is 1. The normalized spacial score (nSPS) is 12.4. The van der Waals surface area contributed by atoms with Crippen molar-refractivity contribution < 1.29 is 18.3 Å². The third-order valence-electron chi connectivity index (χ3n) is 4.73. The minimum absolute atomic E-state index is 0.290. The Morgan fingerprint density at radius 2 is 2.00 bits per heavy atom. The van der Waals surface area contributed by atoms with Crippen molar-refractivity contribution in [2.24, 2.45) is 5.73 Å². The molecule has 0 aliphatic rings. The third-order valence-corrected chi connectivity index (χ3v) is 4.73. The maximum atomic E-state index is 14.7. The Morgan fingerprint density at radius 1 is 1.28 bits per heavy atom. The summed E-state index contributed by atoms with van der Waals surface area (Å²) in [6.07, 6.45) is 0. The van der Waals surface area contributed by atoms with Gasteiger partial charge in [0.2, 0.25) is 5.91 Å². The van der Waals surface area contributed by atoms with E-state index in [1.54, 1.807) is 13.0 Å². The van der Waals surface area contributed by atoms with Gasteiger partial charge in [-0.05, 0) is 37.6 Å². The summed E-state index contributed by atoms with van der Waals surface area (Å²) in [6.45, 7) is 5.42. The summed E-state index contributed by atoms with van der Waals surface area (Å²) in [6, 6.07) is 8.22. The van der Waals surface area contributed by atoms with Gasteiger partial charge >= 0.3 is 0 Å². The number of amides is 1. The van der Waals surface area contributed by atoms with E-state index in [1.165, 1.54) is 30.3 Å². The van der Waals surface area contributed by atoms with E-state index < -0.39 is 17.8 Å². The molecule has 2 aromatic carbocycles. The van der Waals surface area contributed by atoms with Crippen LogP contribution < -0.4 is 11.1 Å². The smallest absolute Gasteiger partial charge is 0.234 e. The van der Waals surface area contributed by atoms with Crippen LogP contribution in [0.2, 0.25) is 0 Å². The van der Waals surface area contributed by atoms with Gasteiger partial charge in [0.1, 0.15) is 17.5 Å². The van der Waals surface area contributed by atoms with E-state index in [0.29, 0.717) is 48.8 Å². The molecule has 0 aliphatic heterocycles. The molecule has 0 saturated heterocycles. The number of benzene rings is 2. The first-order valence-corrected chi connectivity index (χ1v) is 9.45. The molecule has 1 atom stereocenters. The topological polar surface area (TPSA) is 82.2 Å². The zero-order valence-electron chi connectivity index (χ0n) is 16.4. The van der Waals surface area contributed by atoms with Crippen LogP contribution in [0, 0.1) is 11.6 Å². The fourth-order valence-corrected chi connectivity index (χ4v) is 3.08. The second kappa shape index (κ2) is 9.11. The number of carbonyl (C=O) groups is 1. The molecule has 3 N–H and O–H groups in total. The Morgan fingerprint density at radius 3 is 2.66 bits per heavy atom. The van der Waals surface area contributed by atoms with E-state index in [1.807, 2.05) is 11.5 Å².